The first kappa shape index (κ1) is 19.2. The van der Waals surface area contributed by atoms with Crippen LogP contribution >= 0.6 is 24.0 Å². The molecule has 0 radical (unpaired) electrons. The van der Waals surface area contributed by atoms with Gasteiger partial charge in [-0.3, -0.25) is 4.99 Å². The van der Waals surface area contributed by atoms with Crippen LogP contribution in [0.25, 0.3) is 0 Å². The molecule has 7 heteroatoms. The first-order valence-corrected chi connectivity index (χ1v) is 7.87. The maximum Gasteiger partial charge on any atom is 0.190 e. The molecule has 0 saturated carbocycles. The van der Waals surface area contributed by atoms with Crippen LogP contribution in [0.5, 0.6) is 0 Å². The Balaban J connectivity index is 0.00000361. The highest BCUT2D eigenvalue weighted by Crippen LogP contribution is 2.12. The van der Waals surface area contributed by atoms with Gasteiger partial charge in [-0.2, -0.15) is 0 Å². The van der Waals surface area contributed by atoms with Crippen LogP contribution in [0.4, 0.5) is 0 Å². The standard InChI is InChI=1S/C13H21N3O2S.HI/c1-4-11(16-13(14-2)15-3)10-19(17,18)12-8-6-5-7-9-12;/h5-9,11H,4,10H2,1-3H3,(H2,14,15,16);1H. The van der Waals surface area contributed by atoms with Gasteiger partial charge in [-0.05, 0) is 18.6 Å². The summed E-state index contributed by atoms with van der Waals surface area (Å²) in [5.74, 6) is 0.643. The Bertz CT molecular complexity index is 518. The fraction of sp³-hybridized carbons (Fsp3) is 0.462. The third kappa shape index (κ3) is 5.66. The molecule has 0 saturated heterocycles. The van der Waals surface area contributed by atoms with Gasteiger partial charge in [0.15, 0.2) is 15.8 Å². The van der Waals surface area contributed by atoms with E-state index in [-0.39, 0.29) is 35.8 Å². The lowest BCUT2D eigenvalue weighted by Crippen LogP contribution is -2.44. The zero-order chi connectivity index (χ0) is 14.3. The molecule has 0 amide bonds. The van der Waals surface area contributed by atoms with Gasteiger partial charge in [-0.1, -0.05) is 25.1 Å². The fourth-order valence-electron chi connectivity index (χ4n) is 1.69. The van der Waals surface area contributed by atoms with Crippen LogP contribution in [0.3, 0.4) is 0 Å². The lowest BCUT2D eigenvalue weighted by atomic mass is 10.3. The zero-order valence-corrected chi connectivity index (χ0v) is 15.1. The number of sulfone groups is 1. The summed E-state index contributed by atoms with van der Waals surface area (Å²) in [5, 5.41) is 5.97. The van der Waals surface area contributed by atoms with Crippen molar-refractivity contribution in [3.05, 3.63) is 30.3 Å². The van der Waals surface area contributed by atoms with Crippen molar-refractivity contribution in [3.63, 3.8) is 0 Å². The highest BCUT2D eigenvalue weighted by Gasteiger charge is 2.20. The molecule has 1 atom stereocenters. The van der Waals surface area contributed by atoms with Gasteiger partial charge in [0.1, 0.15) is 0 Å². The minimum Gasteiger partial charge on any atom is -0.359 e. The molecular weight excluding hydrogens is 389 g/mol. The summed E-state index contributed by atoms with van der Waals surface area (Å²) in [4.78, 5) is 4.35. The summed E-state index contributed by atoms with van der Waals surface area (Å²) in [7, 11) is 0.115. The van der Waals surface area contributed by atoms with E-state index in [2.05, 4.69) is 15.6 Å². The number of nitrogens with one attached hydrogen (secondary N) is 2. The topological polar surface area (TPSA) is 70.6 Å². The van der Waals surface area contributed by atoms with E-state index < -0.39 is 9.84 Å². The number of hydrogen-bond acceptors (Lipinski definition) is 3. The predicted octanol–water partition coefficient (Wildman–Crippen LogP) is 1.65. The highest BCUT2D eigenvalue weighted by molar-refractivity contribution is 14.0. The Hall–Kier alpha value is -0.830. The maximum atomic E-state index is 12.3. The molecule has 0 aliphatic heterocycles. The second kappa shape index (κ2) is 9.17. The van der Waals surface area contributed by atoms with Gasteiger partial charge in [-0.15, -0.1) is 24.0 Å². The molecule has 20 heavy (non-hydrogen) atoms. The molecule has 0 fully saturated rings. The number of halogens is 1. The van der Waals surface area contributed by atoms with Crippen LogP contribution < -0.4 is 10.6 Å². The molecule has 0 aliphatic rings. The van der Waals surface area contributed by atoms with Crippen molar-refractivity contribution in [2.24, 2.45) is 4.99 Å². The summed E-state index contributed by atoms with van der Waals surface area (Å²) in [6.45, 7) is 1.95. The normalized spacial score (nSPS) is 13.2. The summed E-state index contributed by atoms with van der Waals surface area (Å²) < 4.78 is 24.5. The van der Waals surface area contributed by atoms with E-state index in [0.717, 1.165) is 0 Å². The lowest BCUT2D eigenvalue weighted by molar-refractivity contribution is 0.570. The van der Waals surface area contributed by atoms with Gasteiger partial charge in [-0.25, -0.2) is 8.42 Å². The molecule has 0 spiro atoms. The minimum atomic E-state index is -3.28. The fourth-order valence-corrected chi connectivity index (χ4v) is 3.31. The van der Waals surface area contributed by atoms with Crippen LogP contribution in [-0.2, 0) is 9.84 Å². The average molecular weight is 411 g/mol. The molecular formula is C13H22IN3O2S. The molecule has 0 bridgehead atoms. The number of aliphatic imine (C=N–C) groups is 1. The monoisotopic (exact) mass is 411 g/mol. The number of hydrogen-bond donors (Lipinski definition) is 2. The number of nitrogens with zero attached hydrogens (tertiary/aromatic N) is 1. The molecule has 1 aromatic rings. The summed E-state index contributed by atoms with van der Waals surface area (Å²) >= 11 is 0. The smallest absolute Gasteiger partial charge is 0.190 e. The first-order valence-electron chi connectivity index (χ1n) is 6.22. The van der Waals surface area contributed by atoms with E-state index in [4.69, 9.17) is 0 Å². The van der Waals surface area contributed by atoms with Crippen molar-refractivity contribution >= 4 is 39.8 Å². The Morgan fingerprint density at radius 1 is 1.30 bits per heavy atom. The minimum absolute atomic E-state index is 0. The van der Waals surface area contributed by atoms with E-state index in [9.17, 15) is 8.42 Å². The van der Waals surface area contributed by atoms with E-state index >= 15 is 0 Å². The number of benzene rings is 1. The Labute approximate surface area is 138 Å². The van der Waals surface area contributed by atoms with Crippen molar-refractivity contribution in [2.45, 2.75) is 24.3 Å². The van der Waals surface area contributed by atoms with Crippen LogP contribution in [0.2, 0.25) is 0 Å². The Morgan fingerprint density at radius 2 is 1.90 bits per heavy atom. The van der Waals surface area contributed by atoms with Crippen LogP contribution in [0, 0.1) is 0 Å². The van der Waals surface area contributed by atoms with Crippen LogP contribution in [-0.4, -0.2) is 40.3 Å². The number of guanidine groups is 1. The Kier molecular flexibility index (Phi) is 8.79. The van der Waals surface area contributed by atoms with Gasteiger partial charge in [0.2, 0.25) is 0 Å². The molecule has 0 aromatic heterocycles. The van der Waals surface area contributed by atoms with E-state index in [1.54, 1.807) is 44.4 Å². The van der Waals surface area contributed by atoms with Gasteiger partial charge in [0.05, 0.1) is 10.6 Å². The van der Waals surface area contributed by atoms with Gasteiger partial charge in [0, 0.05) is 20.1 Å². The third-order valence-electron chi connectivity index (χ3n) is 2.82. The quantitative estimate of drug-likeness (QED) is 0.439. The van der Waals surface area contributed by atoms with Gasteiger partial charge in [0.25, 0.3) is 0 Å². The number of rotatable bonds is 5. The molecule has 0 aliphatic carbocycles. The predicted molar refractivity (Wildman–Crippen MR) is 93.5 cm³/mol. The molecule has 5 nitrogen and oxygen atoms in total. The van der Waals surface area contributed by atoms with Crippen molar-refractivity contribution < 1.29 is 8.42 Å². The van der Waals surface area contributed by atoms with Gasteiger partial charge >= 0.3 is 0 Å². The molecule has 1 aromatic carbocycles. The summed E-state index contributed by atoms with van der Waals surface area (Å²) in [5.41, 5.74) is 0. The van der Waals surface area contributed by atoms with E-state index in [0.29, 0.717) is 17.3 Å². The van der Waals surface area contributed by atoms with Gasteiger partial charge < -0.3 is 10.6 Å². The van der Waals surface area contributed by atoms with E-state index in [1.165, 1.54) is 0 Å². The SMILES string of the molecule is CCC(CS(=O)(=O)c1ccccc1)NC(=NC)NC.I. The molecule has 114 valence electrons. The average Bonchev–Trinajstić information content (AvgIpc) is 2.44. The molecule has 1 unspecified atom stereocenters. The van der Waals surface area contributed by atoms with Crippen molar-refractivity contribution in [1.82, 2.24) is 10.6 Å². The molecule has 0 heterocycles. The first-order chi connectivity index (χ1) is 9.03. The van der Waals surface area contributed by atoms with Crippen LogP contribution in [0.15, 0.2) is 40.2 Å². The summed E-state index contributed by atoms with van der Waals surface area (Å²) in [6, 6.07) is 8.33. The summed E-state index contributed by atoms with van der Waals surface area (Å²) in [6.07, 6.45) is 0.701. The molecule has 2 N–H and O–H groups in total. The third-order valence-corrected chi connectivity index (χ3v) is 4.65. The van der Waals surface area contributed by atoms with Crippen LogP contribution in [0.1, 0.15) is 13.3 Å². The lowest BCUT2D eigenvalue weighted by Gasteiger charge is -2.19. The molecule has 1 rings (SSSR count). The maximum absolute atomic E-state index is 12.3. The van der Waals surface area contributed by atoms with Crippen molar-refractivity contribution in [2.75, 3.05) is 19.8 Å². The zero-order valence-electron chi connectivity index (χ0n) is 12.0. The Morgan fingerprint density at radius 3 is 2.35 bits per heavy atom. The largest absolute Gasteiger partial charge is 0.359 e. The second-order valence-corrected chi connectivity index (χ2v) is 6.20. The van der Waals surface area contributed by atoms with Crippen molar-refractivity contribution in [1.29, 1.82) is 0 Å². The van der Waals surface area contributed by atoms with Crippen molar-refractivity contribution in [3.8, 4) is 0 Å². The highest BCUT2D eigenvalue weighted by atomic mass is 127. The second-order valence-electron chi connectivity index (χ2n) is 4.17. The van der Waals surface area contributed by atoms with E-state index in [1.807, 2.05) is 6.92 Å².